The molecule has 0 aliphatic carbocycles. The van der Waals surface area contributed by atoms with Crippen molar-refractivity contribution >= 4 is 39.2 Å². The molecule has 0 spiro atoms. The maximum absolute atomic E-state index is 3.53. The van der Waals surface area contributed by atoms with E-state index in [1.807, 2.05) is 18.2 Å². The first-order chi connectivity index (χ1) is 17.8. The van der Waals surface area contributed by atoms with Gasteiger partial charge in [0.1, 0.15) is 0 Å². The lowest BCUT2D eigenvalue weighted by Gasteiger charge is -2.26. The molecule has 1 N–H and O–H groups in total. The molecule has 0 fully saturated rings. The number of nitrogens with zero attached hydrogens (tertiary/aromatic N) is 1. The van der Waals surface area contributed by atoms with Crippen LogP contribution in [0.3, 0.4) is 0 Å². The largest absolute Gasteiger partial charge is 0.355 e. The van der Waals surface area contributed by atoms with Gasteiger partial charge in [-0.1, -0.05) is 97.1 Å². The second-order valence-electron chi connectivity index (χ2n) is 8.79. The molecule has 0 atom stereocenters. The van der Waals surface area contributed by atoms with E-state index in [4.69, 9.17) is 0 Å². The molecule has 36 heavy (non-hydrogen) atoms. The summed E-state index contributed by atoms with van der Waals surface area (Å²) in [5.74, 6) is 0. The third-order valence-electron chi connectivity index (χ3n) is 6.39. The maximum Gasteiger partial charge on any atom is 0.0482 e. The topological polar surface area (TPSA) is 15.3 Å². The van der Waals surface area contributed by atoms with E-state index in [1.54, 1.807) is 0 Å². The second kappa shape index (κ2) is 9.81. The summed E-state index contributed by atoms with van der Waals surface area (Å²) >= 11 is 0. The molecule has 0 bridgehead atoms. The van der Waals surface area contributed by atoms with Crippen LogP contribution >= 0.6 is 0 Å². The average molecular weight is 463 g/mol. The van der Waals surface area contributed by atoms with Crippen LogP contribution in [0.25, 0.3) is 21.9 Å². The molecule has 0 saturated heterocycles. The zero-order chi connectivity index (χ0) is 24.2. The lowest BCUT2D eigenvalue weighted by Crippen LogP contribution is -2.10. The summed E-state index contributed by atoms with van der Waals surface area (Å²) in [5, 5.41) is 6.04. The minimum Gasteiger partial charge on any atom is -0.355 e. The summed E-state index contributed by atoms with van der Waals surface area (Å²) in [4.78, 5) is 2.31. The van der Waals surface area contributed by atoms with E-state index < -0.39 is 0 Å². The van der Waals surface area contributed by atoms with Crippen molar-refractivity contribution < 1.29 is 0 Å². The second-order valence-corrected chi connectivity index (χ2v) is 8.79. The number of nitrogens with one attached hydrogen (secondary N) is 1. The Hall–Kier alpha value is -4.82. The number of anilines is 5. The van der Waals surface area contributed by atoms with E-state index in [-0.39, 0.29) is 0 Å². The number of rotatable bonds is 6. The van der Waals surface area contributed by atoms with Gasteiger partial charge in [-0.3, -0.25) is 0 Å². The van der Waals surface area contributed by atoms with Crippen LogP contribution in [-0.4, -0.2) is 0 Å². The third kappa shape index (κ3) is 4.45. The highest BCUT2D eigenvalue weighted by Crippen LogP contribution is 2.38. The van der Waals surface area contributed by atoms with Crippen LogP contribution < -0.4 is 10.2 Å². The number of hydrogen-bond donors (Lipinski definition) is 1. The first kappa shape index (κ1) is 21.7. The Labute approximate surface area is 212 Å². The molecule has 0 heterocycles. The van der Waals surface area contributed by atoms with Crippen LogP contribution in [0.1, 0.15) is 0 Å². The molecular formula is C34H26N2. The molecule has 2 nitrogen and oxygen atoms in total. The van der Waals surface area contributed by atoms with E-state index in [0.717, 1.165) is 28.4 Å². The van der Waals surface area contributed by atoms with Gasteiger partial charge in [0.05, 0.1) is 0 Å². The Balaban J connectivity index is 1.45. The van der Waals surface area contributed by atoms with Crippen molar-refractivity contribution in [3.05, 3.63) is 152 Å². The van der Waals surface area contributed by atoms with E-state index in [9.17, 15) is 0 Å². The van der Waals surface area contributed by atoms with Crippen LogP contribution in [-0.2, 0) is 0 Å². The van der Waals surface area contributed by atoms with E-state index in [2.05, 4.69) is 144 Å². The minimum atomic E-state index is 1.05. The Morgan fingerprint density at radius 2 is 1.00 bits per heavy atom. The molecule has 6 aromatic rings. The Kier molecular flexibility index (Phi) is 5.91. The smallest absolute Gasteiger partial charge is 0.0482 e. The molecule has 0 aromatic heterocycles. The summed E-state index contributed by atoms with van der Waals surface area (Å²) in [5.41, 5.74) is 7.88. The van der Waals surface area contributed by atoms with Gasteiger partial charge in [0.15, 0.2) is 0 Å². The minimum absolute atomic E-state index is 1.05. The fourth-order valence-corrected chi connectivity index (χ4v) is 4.72. The van der Waals surface area contributed by atoms with Crippen molar-refractivity contribution in [2.24, 2.45) is 0 Å². The summed E-state index contributed by atoms with van der Waals surface area (Å²) in [6.07, 6.45) is 0. The zero-order valence-electron chi connectivity index (χ0n) is 19.9. The molecule has 6 aromatic carbocycles. The lowest BCUT2D eigenvalue weighted by atomic mass is 9.97. The first-order valence-corrected chi connectivity index (χ1v) is 12.2. The molecule has 0 unspecified atom stereocenters. The van der Waals surface area contributed by atoms with E-state index in [1.165, 1.54) is 21.9 Å². The molecular weight excluding hydrogens is 436 g/mol. The van der Waals surface area contributed by atoms with Gasteiger partial charge in [0, 0.05) is 28.4 Å². The van der Waals surface area contributed by atoms with Gasteiger partial charge in [0.25, 0.3) is 0 Å². The average Bonchev–Trinajstić information content (AvgIpc) is 2.94. The first-order valence-electron chi connectivity index (χ1n) is 12.2. The fraction of sp³-hybridized carbons (Fsp3) is 0. The molecule has 172 valence electrons. The number of hydrogen-bond acceptors (Lipinski definition) is 2. The molecule has 0 radical (unpaired) electrons. The van der Waals surface area contributed by atoms with Crippen LogP contribution in [0, 0.1) is 0 Å². The van der Waals surface area contributed by atoms with Crippen molar-refractivity contribution in [2.45, 2.75) is 0 Å². The molecule has 0 saturated carbocycles. The van der Waals surface area contributed by atoms with Gasteiger partial charge in [-0.2, -0.15) is 0 Å². The molecule has 0 aliphatic rings. The van der Waals surface area contributed by atoms with E-state index >= 15 is 0 Å². The van der Waals surface area contributed by atoms with Gasteiger partial charge in [-0.05, 0) is 76.5 Å². The highest BCUT2D eigenvalue weighted by atomic mass is 15.1. The summed E-state index contributed by atoms with van der Waals surface area (Å²) in [7, 11) is 0. The molecule has 0 aliphatic heterocycles. The van der Waals surface area contributed by atoms with Gasteiger partial charge >= 0.3 is 0 Å². The normalized spacial score (nSPS) is 10.8. The number of benzene rings is 6. The lowest BCUT2D eigenvalue weighted by molar-refractivity contribution is 1.28. The number of fused-ring (bicyclic) bond motifs is 1. The third-order valence-corrected chi connectivity index (χ3v) is 6.39. The predicted molar refractivity (Wildman–Crippen MR) is 154 cm³/mol. The van der Waals surface area contributed by atoms with Gasteiger partial charge in [0.2, 0.25) is 0 Å². The van der Waals surface area contributed by atoms with Crippen molar-refractivity contribution in [1.82, 2.24) is 0 Å². The molecule has 2 heteroatoms. The van der Waals surface area contributed by atoms with Crippen LogP contribution in [0.4, 0.5) is 28.4 Å². The highest BCUT2D eigenvalue weighted by Gasteiger charge is 2.14. The monoisotopic (exact) mass is 462 g/mol. The summed E-state index contributed by atoms with van der Waals surface area (Å²) in [6, 6.07) is 53.3. The molecule has 0 amide bonds. The van der Waals surface area contributed by atoms with Crippen LogP contribution in [0.2, 0.25) is 0 Å². The van der Waals surface area contributed by atoms with Crippen molar-refractivity contribution in [1.29, 1.82) is 0 Å². The van der Waals surface area contributed by atoms with Crippen LogP contribution in [0.5, 0.6) is 0 Å². The Bertz CT molecular complexity index is 1600. The van der Waals surface area contributed by atoms with E-state index in [0.29, 0.717) is 0 Å². The summed E-state index contributed by atoms with van der Waals surface area (Å²) in [6.45, 7) is 0. The van der Waals surface area contributed by atoms with Gasteiger partial charge in [-0.25, -0.2) is 0 Å². The standard InChI is InChI=1S/C34H26N2/c1-3-15-28(16-4-1)35-29-17-11-21-32(25-29)36(30-18-5-2-6-19-30)31-20-9-14-27(24-31)34-23-10-13-26-12-7-8-22-33(26)34/h1-25,35H. The van der Waals surface area contributed by atoms with Gasteiger partial charge in [-0.15, -0.1) is 0 Å². The summed E-state index contributed by atoms with van der Waals surface area (Å²) < 4.78 is 0. The highest BCUT2D eigenvalue weighted by molar-refractivity contribution is 5.97. The molecule has 6 rings (SSSR count). The SMILES string of the molecule is c1ccc(Nc2cccc(N(c3ccccc3)c3cccc(-c4cccc5ccccc45)c3)c2)cc1. The number of para-hydroxylation sites is 2. The Morgan fingerprint density at radius 3 is 1.83 bits per heavy atom. The zero-order valence-corrected chi connectivity index (χ0v) is 19.9. The van der Waals surface area contributed by atoms with Crippen molar-refractivity contribution in [3.8, 4) is 11.1 Å². The fourth-order valence-electron chi connectivity index (χ4n) is 4.72. The Morgan fingerprint density at radius 1 is 0.417 bits per heavy atom. The predicted octanol–water partition coefficient (Wildman–Crippen LogP) is 9.72. The van der Waals surface area contributed by atoms with Gasteiger partial charge < -0.3 is 10.2 Å². The van der Waals surface area contributed by atoms with Crippen molar-refractivity contribution in [2.75, 3.05) is 10.2 Å². The quantitative estimate of drug-likeness (QED) is 0.265. The van der Waals surface area contributed by atoms with Crippen molar-refractivity contribution in [3.63, 3.8) is 0 Å². The maximum atomic E-state index is 3.53. The van der Waals surface area contributed by atoms with Crippen LogP contribution in [0.15, 0.2) is 152 Å².